The summed E-state index contributed by atoms with van der Waals surface area (Å²) in [4.78, 5) is 30.4. The Morgan fingerprint density at radius 3 is 2.62 bits per heavy atom. The number of carbonyl (C=O) groups is 1. The summed E-state index contributed by atoms with van der Waals surface area (Å²) in [6.07, 6.45) is 0. The Morgan fingerprint density at radius 2 is 1.94 bits per heavy atom. The highest BCUT2D eigenvalue weighted by Gasteiger charge is 2.17. The number of hydrogen-bond donors (Lipinski definition) is 1. The molecule has 8 nitrogen and oxygen atoms in total. The molecule has 2 heterocycles. The molecule has 0 saturated carbocycles. The molecule has 0 radical (unpaired) electrons. The van der Waals surface area contributed by atoms with Crippen molar-refractivity contribution < 1.29 is 9.21 Å². The van der Waals surface area contributed by atoms with Crippen molar-refractivity contribution in [1.29, 1.82) is 0 Å². The van der Waals surface area contributed by atoms with Crippen molar-refractivity contribution in [2.24, 2.45) is 0 Å². The van der Waals surface area contributed by atoms with Gasteiger partial charge in [-0.25, -0.2) is 4.98 Å². The van der Waals surface area contributed by atoms with Crippen LogP contribution in [-0.4, -0.2) is 31.4 Å². The summed E-state index contributed by atoms with van der Waals surface area (Å²) >= 11 is 7.22. The molecule has 4 aromatic rings. The smallest absolute Gasteiger partial charge is 0.322 e. The van der Waals surface area contributed by atoms with Crippen LogP contribution in [0, 0.1) is 6.92 Å². The SMILES string of the molecule is Cc1ccc(-n2c(SCC(=O)Nc3nnc(C(C)C)o3)nc3cc(Cl)ccc3c2=O)cc1. The molecule has 0 aliphatic rings. The van der Waals surface area contributed by atoms with E-state index in [1.165, 1.54) is 4.57 Å². The van der Waals surface area contributed by atoms with E-state index < -0.39 is 0 Å². The third-order valence-electron chi connectivity index (χ3n) is 4.61. The first-order chi connectivity index (χ1) is 15.3. The van der Waals surface area contributed by atoms with Gasteiger partial charge < -0.3 is 4.42 Å². The topological polar surface area (TPSA) is 103 Å². The zero-order chi connectivity index (χ0) is 22.8. The molecule has 2 aromatic heterocycles. The Bertz CT molecular complexity index is 1350. The fraction of sp³-hybridized carbons (Fsp3) is 0.227. The Labute approximate surface area is 193 Å². The summed E-state index contributed by atoms with van der Waals surface area (Å²) in [6, 6.07) is 12.5. The molecule has 1 amide bonds. The molecule has 10 heteroatoms. The Hall–Kier alpha value is -3.17. The first kappa shape index (κ1) is 22.0. The highest BCUT2D eigenvalue weighted by atomic mass is 35.5. The minimum atomic E-state index is -0.357. The van der Waals surface area contributed by atoms with Crippen molar-refractivity contribution in [3.63, 3.8) is 0 Å². The van der Waals surface area contributed by atoms with Crippen LogP contribution in [0.4, 0.5) is 6.01 Å². The number of benzene rings is 2. The van der Waals surface area contributed by atoms with Gasteiger partial charge in [-0.2, -0.15) is 0 Å². The molecule has 0 atom stereocenters. The van der Waals surface area contributed by atoms with Crippen LogP contribution in [0.5, 0.6) is 0 Å². The van der Waals surface area contributed by atoms with E-state index in [2.05, 4.69) is 20.5 Å². The van der Waals surface area contributed by atoms with Gasteiger partial charge in [0.25, 0.3) is 5.56 Å². The molecule has 0 fully saturated rings. The van der Waals surface area contributed by atoms with E-state index in [-0.39, 0.29) is 29.2 Å². The van der Waals surface area contributed by atoms with Gasteiger partial charge in [-0.15, -0.1) is 5.10 Å². The molecule has 4 rings (SSSR count). The number of rotatable bonds is 6. The van der Waals surface area contributed by atoms with Gasteiger partial charge in [-0.3, -0.25) is 19.5 Å². The number of nitrogens with one attached hydrogen (secondary N) is 1. The number of fused-ring (bicyclic) bond motifs is 1. The largest absolute Gasteiger partial charge is 0.408 e. The second kappa shape index (κ2) is 9.13. The van der Waals surface area contributed by atoms with Crippen LogP contribution in [0.1, 0.15) is 31.2 Å². The fourth-order valence-electron chi connectivity index (χ4n) is 2.96. The molecule has 0 aliphatic carbocycles. The minimum absolute atomic E-state index is 0.0102. The van der Waals surface area contributed by atoms with Gasteiger partial charge in [-0.05, 0) is 37.3 Å². The Balaban J connectivity index is 1.65. The van der Waals surface area contributed by atoms with Crippen molar-refractivity contribution in [3.8, 4) is 5.69 Å². The van der Waals surface area contributed by atoms with Crippen LogP contribution in [0.15, 0.2) is 56.8 Å². The average molecular weight is 470 g/mol. The molecule has 1 N–H and O–H groups in total. The second-order valence-electron chi connectivity index (χ2n) is 7.47. The molecule has 0 bridgehead atoms. The monoisotopic (exact) mass is 469 g/mol. The maximum absolute atomic E-state index is 13.3. The van der Waals surface area contributed by atoms with Gasteiger partial charge >= 0.3 is 6.01 Å². The van der Waals surface area contributed by atoms with Gasteiger partial charge in [-0.1, -0.05) is 60.0 Å². The normalized spacial score (nSPS) is 11.3. The molecule has 164 valence electrons. The van der Waals surface area contributed by atoms with Crippen molar-refractivity contribution in [1.82, 2.24) is 19.7 Å². The third kappa shape index (κ3) is 4.68. The number of aryl methyl sites for hydroxylation is 1. The summed E-state index contributed by atoms with van der Waals surface area (Å²) in [5.74, 6) is 0.128. The number of anilines is 1. The lowest BCUT2D eigenvalue weighted by Crippen LogP contribution is -2.23. The number of nitrogens with zero attached hydrogens (tertiary/aromatic N) is 4. The lowest BCUT2D eigenvalue weighted by atomic mass is 10.2. The first-order valence-electron chi connectivity index (χ1n) is 9.87. The van der Waals surface area contributed by atoms with Gasteiger partial charge in [0, 0.05) is 10.9 Å². The highest BCUT2D eigenvalue weighted by Crippen LogP contribution is 2.24. The first-order valence-corrected chi connectivity index (χ1v) is 11.2. The van der Waals surface area contributed by atoms with Gasteiger partial charge in [0.05, 0.1) is 22.3 Å². The van der Waals surface area contributed by atoms with E-state index in [0.29, 0.717) is 32.7 Å². The van der Waals surface area contributed by atoms with E-state index in [9.17, 15) is 9.59 Å². The summed E-state index contributed by atoms with van der Waals surface area (Å²) in [6.45, 7) is 5.79. The maximum Gasteiger partial charge on any atom is 0.322 e. The van der Waals surface area contributed by atoms with Crippen molar-refractivity contribution in [2.75, 3.05) is 11.1 Å². The van der Waals surface area contributed by atoms with Crippen LogP contribution in [-0.2, 0) is 4.79 Å². The predicted octanol–water partition coefficient (Wildman–Crippen LogP) is 4.58. The molecular formula is C22H20ClN5O3S. The number of halogens is 1. The number of amides is 1. The summed E-state index contributed by atoms with van der Waals surface area (Å²) in [5, 5.41) is 11.6. The molecule has 0 unspecified atom stereocenters. The summed E-state index contributed by atoms with van der Waals surface area (Å²) in [5.41, 5.74) is 1.95. The Kier molecular flexibility index (Phi) is 6.29. The molecule has 0 aliphatic heterocycles. The number of hydrogen-bond acceptors (Lipinski definition) is 7. The van der Waals surface area contributed by atoms with E-state index in [0.717, 1.165) is 17.3 Å². The van der Waals surface area contributed by atoms with E-state index >= 15 is 0 Å². The number of thioether (sulfide) groups is 1. The van der Waals surface area contributed by atoms with Crippen LogP contribution in [0.3, 0.4) is 0 Å². The zero-order valence-electron chi connectivity index (χ0n) is 17.6. The van der Waals surface area contributed by atoms with E-state index in [1.807, 2.05) is 45.0 Å². The van der Waals surface area contributed by atoms with E-state index in [1.54, 1.807) is 18.2 Å². The molecule has 2 aromatic carbocycles. The van der Waals surface area contributed by atoms with Crippen molar-refractivity contribution >= 4 is 46.2 Å². The van der Waals surface area contributed by atoms with Crippen molar-refractivity contribution in [3.05, 3.63) is 69.3 Å². The van der Waals surface area contributed by atoms with Crippen LogP contribution in [0.2, 0.25) is 5.02 Å². The lowest BCUT2D eigenvalue weighted by molar-refractivity contribution is -0.113. The average Bonchev–Trinajstić information content (AvgIpc) is 3.22. The maximum atomic E-state index is 13.3. The van der Waals surface area contributed by atoms with Crippen LogP contribution in [0.25, 0.3) is 16.6 Å². The van der Waals surface area contributed by atoms with Crippen LogP contribution < -0.4 is 10.9 Å². The molecule has 0 spiro atoms. The fourth-order valence-corrected chi connectivity index (χ4v) is 3.94. The van der Waals surface area contributed by atoms with Gasteiger partial charge in [0.1, 0.15) is 0 Å². The molecular weight excluding hydrogens is 450 g/mol. The quantitative estimate of drug-likeness (QED) is 0.325. The molecule has 0 saturated heterocycles. The highest BCUT2D eigenvalue weighted by molar-refractivity contribution is 7.99. The van der Waals surface area contributed by atoms with Crippen molar-refractivity contribution in [2.45, 2.75) is 31.8 Å². The zero-order valence-corrected chi connectivity index (χ0v) is 19.2. The standard InChI is InChI=1S/C22H20ClN5O3S/c1-12(2)19-26-27-21(31-19)25-18(29)11-32-22-24-17-10-14(23)6-9-16(17)20(30)28(22)15-7-4-13(3)5-8-15/h4-10,12H,11H2,1-3H3,(H,25,27,29). The minimum Gasteiger partial charge on any atom is -0.408 e. The van der Waals surface area contributed by atoms with Gasteiger partial charge in [0.15, 0.2) is 5.16 Å². The lowest BCUT2D eigenvalue weighted by Gasteiger charge is -2.13. The second-order valence-corrected chi connectivity index (χ2v) is 8.85. The third-order valence-corrected chi connectivity index (χ3v) is 5.78. The van der Waals surface area contributed by atoms with E-state index in [4.69, 9.17) is 16.0 Å². The summed E-state index contributed by atoms with van der Waals surface area (Å²) < 4.78 is 6.91. The number of aromatic nitrogens is 4. The summed E-state index contributed by atoms with van der Waals surface area (Å²) in [7, 11) is 0. The molecule has 32 heavy (non-hydrogen) atoms. The Morgan fingerprint density at radius 1 is 1.19 bits per heavy atom. The van der Waals surface area contributed by atoms with Gasteiger partial charge in [0.2, 0.25) is 11.8 Å². The van der Waals surface area contributed by atoms with Crippen LogP contribution >= 0.6 is 23.4 Å². The predicted molar refractivity (Wildman–Crippen MR) is 125 cm³/mol. The number of carbonyl (C=O) groups excluding carboxylic acids is 1.